The number of rotatable bonds is 7. The summed E-state index contributed by atoms with van der Waals surface area (Å²) >= 11 is -0.735. The van der Waals surface area contributed by atoms with Crippen LogP contribution in [0.1, 0.15) is 47.0 Å². The van der Waals surface area contributed by atoms with Gasteiger partial charge in [-0.2, -0.15) is 0 Å². The Morgan fingerprint density at radius 1 is 1.19 bits per heavy atom. The van der Waals surface area contributed by atoms with Crippen molar-refractivity contribution in [2.24, 2.45) is 0 Å². The molecule has 1 radical (unpaired) electrons. The van der Waals surface area contributed by atoms with Gasteiger partial charge in [-0.05, 0) is 6.92 Å². The Labute approximate surface area is 108 Å². The summed E-state index contributed by atoms with van der Waals surface area (Å²) in [6.45, 7) is 11.7. The first kappa shape index (κ1) is 18.4. The molecular formula is C13H27O2Sn. The van der Waals surface area contributed by atoms with Gasteiger partial charge in [0.1, 0.15) is 0 Å². The standard InChI is InChI=1S/C5H11.C4H6O2.2C2H5.Sn/c1-3-5-4-2;1-3(2)4(5)6;2*1-2;/h1,3-5H2,2H3;1H2,2H3,(H,5,6);2*1H2,2H3;. The Bertz CT molecular complexity index is 174. The molecule has 0 fully saturated rings. The molecule has 95 valence electrons. The second-order valence-corrected chi connectivity index (χ2v) is 13.7. The van der Waals surface area contributed by atoms with Crippen LogP contribution in [0, 0.1) is 0 Å². The number of hydrogen-bond donors (Lipinski definition) is 1. The summed E-state index contributed by atoms with van der Waals surface area (Å²) in [6.07, 6.45) is 4.40. The van der Waals surface area contributed by atoms with Gasteiger partial charge < -0.3 is 5.11 Å². The third-order valence-electron chi connectivity index (χ3n) is 2.50. The fraction of sp³-hybridized carbons (Fsp3) is 0.769. The summed E-state index contributed by atoms with van der Waals surface area (Å²) in [5.41, 5.74) is 0.176. The molecule has 0 aliphatic carbocycles. The Morgan fingerprint density at radius 2 is 1.62 bits per heavy atom. The van der Waals surface area contributed by atoms with Crippen molar-refractivity contribution in [1.29, 1.82) is 0 Å². The number of carboxylic acids is 1. The van der Waals surface area contributed by atoms with E-state index in [0.29, 0.717) is 0 Å². The van der Waals surface area contributed by atoms with Gasteiger partial charge in [0, 0.05) is 5.57 Å². The van der Waals surface area contributed by atoms with Gasteiger partial charge in [-0.25, -0.2) is 4.79 Å². The molecule has 0 aromatic carbocycles. The summed E-state index contributed by atoms with van der Waals surface area (Å²) < 4.78 is 4.80. The fourth-order valence-corrected chi connectivity index (χ4v) is 6.81. The van der Waals surface area contributed by atoms with Crippen molar-refractivity contribution in [3.63, 3.8) is 0 Å². The number of unbranched alkanes of at least 4 members (excludes halogenated alkanes) is 2. The molecular weight excluding hydrogens is 307 g/mol. The molecule has 0 rings (SSSR count). The van der Waals surface area contributed by atoms with Gasteiger partial charge in [0.15, 0.2) is 0 Å². The summed E-state index contributed by atoms with van der Waals surface area (Å²) in [5.74, 6) is -0.935. The zero-order valence-electron chi connectivity index (χ0n) is 11.3. The molecule has 0 amide bonds. The molecule has 0 bridgehead atoms. The molecule has 0 heterocycles. The maximum absolute atomic E-state index is 9.60. The van der Waals surface area contributed by atoms with E-state index >= 15 is 0 Å². The summed E-state index contributed by atoms with van der Waals surface area (Å²) in [5, 5.41) is 7.89. The topological polar surface area (TPSA) is 37.3 Å². The average Bonchev–Trinajstić information content (AvgIpc) is 2.25. The predicted molar refractivity (Wildman–Crippen MR) is 73.5 cm³/mol. The summed E-state index contributed by atoms with van der Waals surface area (Å²) in [4.78, 5) is 9.60. The average molecular weight is 334 g/mol. The second-order valence-electron chi connectivity index (χ2n) is 4.00. The van der Waals surface area contributed by atoms with Crippen LogP contribution >= 0.6 is 0 Å². The van der Waals surface area contributed by atoms with Crippen molar-refractivity contribution in [1.82, 2.24) is 0 Å². The Hall–Kier alpha value is 0.00870. The summed E-state index contributed by atoms with van der Waals surface area (Å²) in [7, 11) is 0. The molecule has 0 spiro atoms. The van der Waals surface area contributed by atoms with Crippen LogP contribution in [0.25, 0.3) is 0 Å². The van der Waals surface area contributed by atoms with E-state index in [9.17, 15) is 4.79 Å². The second kappa shape index (κ2) is 13.1. The quantitative estimate of drug-likeness (QED) is 0.427. The first-order chi connectivity index (χ1) is 7.49. The van der Waals surface area contributed by atoms with Crippen molar-refractivity contribution >= 4 is 25.7 Å². The van der Waals surface area contributed by atoms with Crippen LogP contribution in [0.2, 0.25) is 13.3 Å². The third-order valence-corrected chi connectivity index (χ3v) is 11.2. The van der Waals surface area contributed by atoms with Gasteiger partial charge in [0.2, 0.25) is 0 Å². The number of aliphatic carboxylic acids is 1. The Kier molecular flexibility index (Phi) is 15.0. The molecule has 2 nitrogen and oxygen atoms in total. The van der Waals surface area contributed by atoms with Crippen LogP contribution in [0.4, 0.5) is 0 Å². The van der Waals surface area contributed by atoms with Crippen LogP contribution < -0.4 is 0 Å². The van der Waals surface area contributed by atoms with E-state index in [2.05, 4.69) is 27.4 Å². The fourth-order valence-electron chi connectivity index (χ4n) is 1.23. The van der Waals surface area contributed by atoms with Crippen molar-refractivity contribution in [2.45, 2.75) is 60.3 Å². The van der Waals surface area contributed by atoms with Crippen LogP contribution in [-0.4, -0.2) is 30.8 Å². The van der Waals surface area contributed by atoms with Crippen molar-refractivity contribution in [3.05, 3.63) is 12.2 Å². The minimum absolute atomic E-state index is 0.176. The van der Waals surface area contributed by atoms with Crippen molar-refractivity contribution in [2.75, 3.05) is 0 Å². The maximum atomic E-state index is 9.60. The van der Waals surface area contributed by atoms with Crippen LogP contribution in [0.15, 0.2) is 12.2 Å². The Balaban J connectivity index is 0. The van der Waals surface area contributed by atoms with Crippen molar-refractivity contribution < 1.29 is 9.90 Å². The van der Waals surface area contributed by atoms with Gasteiger partial charge in [0.25, 0.3) is 0 Å². The van der Waals surface area contributed by atoms with E-state index in [1.165, 1.54) is 26.2 Å². The van der Waals surface area contributed by atoms with E-state index < -0.39 is 25.7 Å². The SMILES string of the molecule is C=C(C)C(=O)O.CCCC[CH2][Sn]([CH2]C)[CH2]C. The molecule has 0 aliphatic heterocycles. The zero-order valence-corrected chi connectivity index (χ0v) is 14.2. The van der Waals surface area contributed by atoms with Gasteiger partial charge in [-0.1, -0.05) is 6.58 Å². The van der Waals surface area contributed by atoms with E-state index in [4.69, 9.17) is 5.11 Å². The summed E-state index contributed by atoms with van der Waals surface area (Å²) in [6, 6.07) is 0. The number of hydrogen-bond acceptors (Lipinski definition) is 1. The normalized spacial score (nSPS) is 9.56. The molecule has 0 aliphatic rings. The molecule has 0 atom stereocenters. The third kappa shape index (κ3) is 14.0. The Morgan fingerprint density at radius 3 is 1.88 bits per heavy atom. The molecule has 16 heavy (non-hydrogen) atoms. The first-order valence-electron chi connectivity index (χ1n) is 6.21. The molecule has 1 N–H and O–H groups in total. The molecule has 0 saturated heterocycles. The van der Waals surface area contributed by atoms with Crippen LogP contribution in [0.5, 0.6) is 0 Å². The van der Waals surface area contributed by atoms with E-state index in [1.807, 2.05) is 0 Å². The van der Waals surface area contributed by atoms with Gasteiger partial charge >= 0.3 is 79.1 Å². The predicted octanol–water partition coefficient (Wildman–Crippen LogP) is 4.36. The molecule has 0 aromatic heterocycles. The van der Waals surface area contributed by atoms with Crippen molar-refractivity contribution in [3.8, 4) is 0 Å². The molecule has 3 heteroatoms. The molecule has 0 aromatic rings. The minimum atomic E-state index is -0.935. The van der Waals surface area contributed by atoms with Gasteiger partial charge in [0.05, 0.1) is 0 Å². The van der Waals surface area contributed by atoms with E-state index in [0.717, 1.165) is 0 Å². The molecule has 0 saturated carbocycles. The van der Waals surface area contributed by atoms with E-state index in [1.54, 1.807) is 13.3 Å². The number of carboxylic acid groups (broad SMARTS) is 1. The first-order valence-corrected chi connectivity index (χ1v) is 12.3. The number of carbonyl (C=O) groups is 1. The van der Waals surface area contributed by atoms with E-state index in [-0.39, 0.29) is 5.57 Å². The van der Waals surface area contributed by atoms with Gasteiger partial charge in [-0.3, -0.25) is 0 Å². The monoisotopic (exact) mass is 335 g/mol. The molecule has 0 unspecified atom stereocenters. The van der Waals surface area contributed by atoms with Gasteiger partial charge in [-0.15, -0.1) is 0 Å². The van der Waals surface area contributed by atoms with Crippen LogP contribution in [-0.2, 0) is 4.79 Å². The van der Waals surface area contributed by atoms with Crippen LogP contribution in [0.3, 0.4) is 0 Å². The zero-order chi connectivity index (χ0) is 13.0.